The fourth-order valence-electron chi connectivity index (χ4n) is 2.39. The topological polar surface area (TPSA) is 71.9 Å². The molecule has 2 N–H and O–H groups in total. The van der Waals surface area contributed by atoms with E-state index < -0.39 is 0 Å². The highest BCUT2D eigenvalue weighted by Gasteiger charge is 2.21. The van der Waals surface area contributed by atoms with Gasteiger partial charge >= 0.3 is 0 Å². The number of carbonyl (C=O) groups is 1. The molecule has 0 spiro atoms. The Hall–Kier alpha value is -1.80. The van der Waals surface area contributed by atoms with E-state index >= 15 is 0 Å². The summed E-state index contributed by atoms with van der Waals surface area (Å²) in [7, 11) is 1.60. The number of methoxy groups -OCH3 is 1. The zero-order valence-corrected chi connectivity index (χ0v) is 15.7. The smallest absolute Gasteiger partial charge is 0.251 e. The van der Waals surface area contributed by atoms with Gasteiger partial charge in [-0.15, -0.1) is 0 Å². The van der Waals surface area contributed by atoms with Gasteiger partial charge in [-0.3, -0.25) is 9.89 Å². The molecule has 1 aromatic heterocycles. The van der Waals surface area contributed by atoms with Gasteiger partial charge < -0.3 is 14.6 Å². The first-order valence-electron chi connectivity index (χ1n) is 7.69. The molecule has 1 aromatic carbocycles. The van der Waals surface area contributed by atoms with Gasteiger partial charge in [0, 0.05) is 12.1 Å². The molecule has 0 aliphatic heterocycles. The van der Waals surface area contributed by atoms with Crippen LogP contribution in [0.15, 0.2) is 24.3 Å². The SMILES string of the molecule is CCn1c([C@H](CCSC)NC(=O)c2ccc(OC)cc2)n[nH]c1=S. The van der Waals surface area contributed by atoms with Crippen molar-refractivity contribution in [2.45, 2.75) is 25.9 Å². The van der Waals surface area contributed by atoms with E-state index in [2.05, 4.69) is 15.5 Å². The number of amides is 1. The number of aromatic nitrogens is 3. The Morgan fingerprint density at radius 1 is 1.46 bits per heavy atom. The number of rotatable bonds is 8. The van der Waals surface area contributed by atoms with Crippen LogP contribution >= 0.6 is 24.0 Å². The summed E-state index contributed by atoms with van der Waals surface area (Å²) in [5.74, 6) is 2.26. The van der Waals surface area contributed by atoms with Crippen molar-refractivity contribution in [3.63, 3.8) is 0 Å². The van der Waals surface area contributed by atoms with Crippen LogP contribution in [0.3, 0.4) is 0 Å². The van der Waals surface area contributed by atoms with Gasteiger partial charge in [-0.1, -0.05) is 0 Å². The fraction of sp³-hybridized carbons (Fsp3) is 0.438. The third kappa shape index (κ3) is 4.39. The molecule has 1 atom stereocenters. The second-order valence-corrected chi connectivity index (χ2v) is 6.54. The molecule has 0 bridgehead atoms. The zero-order chi connectivity index (χ0) is 17.5. The third-order valence-corrected chi connectivity index (χ3v) is 4.64. The van der Waals surface area contributed by atoms with Crippen LogP contribution in [-0.4, -0.2) is 39.8 Å². The quantitative estimate of drug-likeness (QED) is 0.702. The number of hydrogen-bond acceptors (Lipinski definition) is 5. The molecule has 1 heterocycles. The molecule has 130 valence electrons. The predicted octanol–water partition coefficient (Wildman–Crippen LogP) is 3.19. The van der Waals surface area contributed by atoms with Gasteiger partial charge in [-0.05, 0) is 61.8 Å². The van der Waals surface area contributed by atoms with E-state index in [4.69, 9.17) is 17.0 Å². The highest BCUT2D eigenvalue weighted by molar-refractivity contribution is 7.98. The number of aromatic amines is 1. The van der Waals surface area contributed by atoms with Crippen molar-refractivity contribution >= 4 is 29.9 Å². The Morgan fingerprint density at radius 2 is 2.17 bits per heavy atom. The minimum absolute atomic E-state index is 0.139. The average molecular weight is 367 g/mol. The number of benzene rings is 1. The Bertz CT molecular complexity index is 724. The number of hydrogen-bond donors (Lipinski definition) is 2. The van der Waals surface area contributed by atoms with Gasteiger partial charge in [-0.2, -0.15) is 16.9 Å². The van der Waals surface area contributed by atoms with Crippen LogP contribution in [0, 0.1) is 4.77 Å². The maximum Gasteiger partial charge on any atom is 0.251 e. The maximum atomic E-state index is 12.6. The largest absolute Gasteiger partial charge is 0.497 e. The van der Waals surface area contributed by atoms with Gasteiger partial charge in [0.2, 0.25) is 0 Å². The van der Waals surface area contributed by atoms with Crippen molar-refractivity contribution in [3.05, 3.63) is 40.4 Å². The van der Waals surface area contributed by atoms with Crippen molar-refractivity contribution in [1.29, 1.82) is 0 Å². The molecular formula is C16H22N4O2S2. The molecule has 0 aliphatic rings. The van der Waals surface area contributed by atoms with E-state index in [0.717, 1.165) is 23.7 Å². The normalized spacial score (nSPS) is 12.0. The van der Waals surface area contributed by atoms with Crippen molar-refractivity contribution in [3.8, 4) is 5.75 Å². The molecule has 8 heteroatoms. The summed E-state index contributed by atoms with van der Waals surface area (Å²) >= 11 is 6.98. The van der Waals surface area contributed by atoms with Crippen molar-refractivity contribution < 1.29 is 9.53 Å². The highest BCUT2D eigenvalue weighted by atomic mass is 32.2. The summed E-state index contributed by atoms with van der Waals surface area (Å²) in [5, 5.41) is 10.2. The second kappa shape index (κ2) is 8.89. The van der Waals surface area contributed by atoms with Crippen LogP contribution in [0.1, 0.15) is 35.6 Å². The lowest BCUT2D eigenvalue weighted by Crippen LogP contribution is -2.31. The maximum absolute atomic E-state index is 12.6. The molecule has 1 amide bonds. The molecule has 24 heavy (non-hydrogen) atoms. The van der Waals surface area contributed by atoms with E-state index in [1.54, 1.807) is 43.1 Å². The molecule has 2 rings (SSSR count). The summed E-state index contributed by atoms with van der Waals surface area (Å²) in [5.41, 5.74) is 0.585. The van der Waals surface area contributed by atoms with E-state index in [-0.39, 0.29) is 11.9 Å². The number of H-pyrrole nitrogens is 1. The number of carbonyl (C=O) groups excluding carboxylic acids is 1. The van der Waals surface area contributed by atoms with Gasteiger partial charge in [0.25, 0.3) is 5.91 Å². The summed E-state index contributed by atoms with van der Waals surface area (Å²) in [4.78, 5) is 12.6. The Balaban J connectivity index is 2.21. The summed E-state index contributed by atoms with van der Waals surface area (Å²) < 4.78 is 7.60. The van der Waals surface area contributed by atoms with Crippen LogP contribution in [0.25, 0.3) is 0 Å². The first-order valence-corrected chi connectivity index (χ1v) is 9.49. The van der Waals surface area contributed by atoms with E-state index in [1.807, 2.05) is 17.7 Å². The summed E-state index contributed by atoms with van der Waals surface area (Å²) in [6.45, 7) is 2.71. The molecule has 0 fully saturated rings. The van der Waals surface area contributed by atoms with E-state index in [9.17, 15) is 4.79 Å². The van der Waals surface area contributed by atoms with E-state index in [1.165, 1.54) is 0 Å². The molecular weight excluding hydrogens is 344 g/mol. The lowest BCUT2D eigenvalue weighted by molar-refractivity contribution is 0.0933. The minimum atomic E-state index is -0.194. The second-order valence-electron chi connectivity index (χ2n) is 5.17. The summed E-state index contributed by atoms with van der Waals surface area (Å²) in [6, 6.07) is 6.84. The molecule has 0 saturated carbocycles. The van der Waals surface area contributed by atoms with Crippen LogP contribution in [0.4, 0.5) is 0 Å². The van der Waals surface area contributed by atoms with Crippen molar-refractivity contribution in [1.82, 2.24) is 20.1 Å². The van der Waals surface area contributed by atoms with Crippen LogP contribution in [-0.2, 0) is 6.54 Å². The molecule has 2 aromatic rings. The lowest BCUT2D eigenvalue weighted by atomic mass is 10.1. The fourth-order valence-corrected chi connectivity index (χ4v) is 3.13. The molecule has 0 aliphatic carbocycles. The van der Waals surface area contributed by atoms with Gasteiger partial charge in [-0.25, -0.2) is 0 Å². The van der Waals surface area contributed by atoms with Gasteiger partial charge in [0.1, 0.15) is 5.75 Å². The van der Waals surface area contributed by atoms with Crippen LogP contribution < -0.4 is 10.1 Å². The number of nitrogens with zero attached hydrogens (tertiary/aromatic N) is 2. The highest BCUT2D eigenvalue weighted by Crippen LogP contribution is 2.19. The van der Waals surface area contributed by atoms with E-state index in [0.29, 0.717) is 16.9 Å². The third-order valence-electron chi connectivity index (χ3n) is 3.68. The molecule has 0 radical (unpaired) electrons. The van der Waals surface area contributed by atoms with Crippen LogP contribution in [0.5, 0.6) is 5.75 Å². The zero-order valence-electron chi connectivity index (χ0n) is 14.0. The van der Waals surface area contributed by atoms with Crippen molar-refractivity contribution in [2.24, 2.45) is 0 Å². The first-order chi connectivity index (χ1) is 11.6. The van der Waals surface area contributed by atoms with Crippen LogP contribution in [0.2, 0.25) is 0 Å². The van der Waals surface area contributed by atoms with Gasteiger partial charge in [0.15, 0.2) is 10.6 Å². The monoisotopic (exact) mass is 366 g/mol. The molecule has 0 unspecified atom stereocenters. The number of nitrogens with one attached hydrogen (secondary N) is 2. The summed E-state index contributed by atoms with van der Waals surface area (Å²) in [6.07, 6.45) is 2.82. The Morgan fingerprint density at radius 3 is 2.75 bits per heavy atom. The molecule has 0 saturated heterocycles. The van der Waals surface area contributed by atoms with Crippen molar-refractivity contribution in [2.75, 3.05) is 19.1 Å². The minimum Gasteiger partial charge on any atom is -0.497 e. The number of thioether (sulfide) groups is 1. The molecule has 6 nitrogen and oxygen atoms in total. The lowest BCUT2D eigenvalue weighted by Gasteiger charge is -2.18. The Labute approximate surface area is 151 Å². The van der Waals surface area contributed by atoms with Gasteiger partial charge in [0.05, 0.1) is 13.2 Å². The number of ether oxygens (including phenoxy) is 1. The predicted molar refractivity (Wildman–Crippen MR) is 99.3 cm³/mol. The Kier molecular flexibility index (Phi) is 6.86. The first kappa shape index (κ1) is 18.5. The average Bonchev–Trinajstić information content (AvgIpc) is 2.99. The standard InChI is InChI=1S/C16H22N4O2S2/c1-4-20-14(18-19-16(20)23)13(9-10-24-3)17-15(21)11-5-7-12(22-2)8-6-11/h5-8,13H,4,9-10H2,1-3H3,(H,17,21)(H,19,23)/t13-/m0/s1.